The molecular formula is C18H26N2O4. The van der Waals surface area contributed by atoms with Crippen LogP contribution in [-0.2, 0) is 22.4 Å². The second-order valence-corrected chi connectivity index (χ2v) is 6.89. The number of esters is 1. The third kappa shape index (κ3) is 4.96. The molecule has 1 N–H and O–H groups in total. The molecule has 132 valence electrons. The number of carbonyl (C=O) groups is 2. The quantitative estimate of drug-likeness (QED) is 0.856. The Labute approximate surface area is 143 Å². The Bertz CT molecular complexity index is 608. The third-order valence-electron chi connectivity index (χ3n) is 3.85. The van der Waals surface area contributed by atoms with Crippen molar-refractivity contribution in [3.8, 4) is 0 Å². The maximum absolute atomic E-state index is 11.9. The van der Waals surface area contributed by atoms with Gasteiger partial charge in [-0.1, -0.05) is 12.1 Å². The molecule has 1 aliphatic rings. The van der Waals surface area contributed by atoms with E-state index in [1.54, 1.807) is 6.07 Å². The number of fused-ring (bicyclic) bond motifs is 1. The van der Waals surface area contributed by atoms with Gasteiger partial charge in [-0.15, -0.1) is 0 Å². The highest BCUT2D eigenvalue weighted by Gasteiger charge is 2.22. The summed E-state index contributed by atoms with van der Waals surface area (Å²) in [6.07, 6.45) is 0.474. The number of methoxy groups -OCH3 is 1. The summed E-state index contributed by atoms with van der Waals surface area (Å²) >= 11 is 0. The van der Waals surface area contributed by atoms with Gasteiger partial charge in [0.25, 0.3) is 0 Å². The standard InChI is InChI=1S/C18H26N2O4/c1-18(2,3)24-17(22)19-9-11-20-10-8-13-6-5-7-14(15(13)12-20)16(21)23-4/h5-7H,8-12H2,1-4H3,(H,19,22). The topological polar surface area (TPSA) is 67.9 Å². The molecule has 1 aliphatic heterocycles. The maximum Gasteiger partial charge on any atom is 0.407 e. The molecule has 0 saturated heterocycles. The first-order chi connectivity index (χ1) is 11.3. The average Bonchev–Trinajstić information content (AvgIpc) is 2.51. The summed E-state index contributed by atoms with van der Waals surface area (Å²) in [6, 6.07) is 5.75. The Morgan fingerprint density at radius 3 is 2.71 bits per heavy atom. The van der Waals surface area contributed by atoms with Gasteiger partial charge in [-0.2, -0.15) is 0 Å². The molecular weight excluding hydrogens is 308 g/mol. The highest BCUT2D eigenvalue weighted by atomic mass is 16.6. The first kappa shape index (κ1) is 18.3. The molecule has 1 heterocycles. The fourth-order valence-corrected chi connectivity index (χ4v) is 2.76. The Kier molecular flexibility index (Phi) is 5.83. The van der Waals surface area contributed by atoms with E-state index in [4.69, 9.17) is 9.47 Å². The van der Waals surface area contributed by atoms with E-state index in [1.807, 2.05) is 26.8 Å². The molecule has 0 aromatic heterocycles. The van der Waals surface area contributed by atoms with Gasteiger partial charge in [-0.3, -0.25) is 4.90 Å². The maximum atomic E-state index is 11.9. The molecule has 0 atom stereocenters. The van der Waals surface area contributed by atoms with Crippen LogP contribution in [0.3, 0.4) is 0 Å². The molecule has 24 heavy (non-hydrogen) atoms. The van der Waals surface area contributed by atoms with Crippen molar-refractivity contribution in [1.29, 1.82) is 0 Å². The fraction of sp³-hybridized carbons (Fsp3) is 0.556. The van der Waals surface area contributed by atoms with Crippen LogP contribution in [0.2, 0.25) is 0 Å². The third-order valence-corrected chi connectivity index (χ3v) is 3.85. The zero-order valence-corrected chi connectivity index (χ0v) is 14.8. The minimum Gasteiger partial charge on any atom is -0.465 e. The van der Waals surface area contributed by atoms with E-state index in [0.717, 1.165) is 18.5 Å². The van der Waals surface area contributed by atoms with Crippen LogP contribution in [-0.4, -0.2) is 49.3 Å². The summed E-state index contributed by atoms with van der Waals surface area (Å²) in [5, 5.41) is 2.76. The lowest BCUT2D eigenvalue weighted by atomic mass is 9.95. The van der Waals surface area contributed by atoms with Crippen molar-refractivity contribution in [3.63, 3.8) is 0 Å². The van der Waals surface area contributed by atoms with Crippen molar-refractivity contribution in [3.05, 3.63) is 34.9 Å². The lowest BCUT2D eigenvalue weighted by molar-refractivity contribution is 0.0521. The summed E-state index contributed by atoms with van der Waals surface area (Å²) in [5.74, 6) is -0.305. The van der Waals surface area contributed by atoms with Gasteiger partial charge >= 0.3 is 12.1 Å². The van der Waals surface area contributed by atoms with E-state index in [-0.39, 0.29) is 5.97 Å². The summed E-state index contributed by atoms with van der Waals surface area (Å²) in [5.41, 5.74) is 2.34. The van der Waals surface area contributed by atoms with E-state index in [1.165, 1.54) is 12.7 Å². The van der Waals surface area contributed by atoms with E-state index in [9.17, 15) is 9.59 Å². The number of benzene rings is 1. The number of nitrogens with zero attached hydrogens (tertiary/aromatic N) is 1. The molecule has 0 bridgehead atoms. The minimum atomic E-state index is -0.496. The highest BCUT2D eigenvalue weighted by Crippen LogP contribution is 2.23. The Morgan fingerprint density at radius 2 is 2.04 bits per heavy atom. The molecule has 1 aromatic rings. The zero-order chi connectivity index (χ0) is 17.7. The van der Waals surface area contributed by atoms with Gasteiger partial charge in [0.05, 0.1) is 12.7 Å². The van der Waals surface area contributed by atoms with E-state index < -0.39 is 11.7 Å². The first-order valence-corrected chi connectivity index (χ1v) is 8.18. The SMILES string of the molecule is COC(=O)c1cccc2c1CN(CCNC(=O)OC(C)(C)C)CC2. The molecule has 6 nitrogen and oxygen atoms in total. The number of ether oxygens (including phenoxy) is 2. The normalized spacial score (nSPS) is 14.7. The van der Waals surface area contributed by atoms with Crippen molar-refractivity contribution in [2.24, 2.45) is 0 Å². The van der Waals surface area contributed by atoms with E-state index in [0.29, 0.717) is 25.2 Å². The molecule has 0 fully saturated rings. The van der Waals surface area contributed by atoms with Crippen LogP contribution in [0.5, 0.6) is 0 Å². The molecule has 6 heteroatoms. The van der Waals surface area contributed by atoms with Crippen LogP contribution < -0.4 is 5.32 Å². The van der Waals surface area contributed by atoms with Crippen molar-refractivity contribution in [2.75, 3.05) is 26.7 Å². The van der Waals surface area contributed by atoms with Gasteiger partial charge in [-0.25, -0.2) is 9.59 Å². The fourth-order valence-electron chi connectivity index (χ4n) is 2.76. The van der Waals surface area contributed by atoms with Crippen molar-refractivity contribution in [2.45, 2.75) is 39.3 Å². The van der Waals surface area contributed by atoms with Crippen molar-refractivity contribution >= 4 is 12.1 Å². The smallest absolute Gasteiger partial charge is 0.407 e. The van der Waals surface area contributed by atoms with Crippen LogP contribution in [0.15, 0.2) is 18.2 Å². The second kappa shape index (κ2) is 7.66. The lowest BCUT2D eigenvalue weighted by Crippen LogP contribution is -2.40. The summed E-state index contributed by atoms with van der Waals surface area (Å²) < 4.78 is 10.1. The summed E-state index contributed by atoms with van der Waals surface area (Å²) in [7, 11) is 1.40. The number of carbonyl (C=O) groups excluding carboxylic acids is 2. The Balaban J connectivity index is 1.91. The molecule has 1 amide bonds. The van der Waals surface area contributed by atoms with Gasteiger partial charge in [0.15, 0.2) is 0 Å². The molecule has 0 radical (unpaired) electrons. The largest absolute Gasteiger partial charge is 0.465 e. The molecule has 0 spiro atoms. The average molecular weight is 334 g/mol. The van der Waals surface area contributed by atoms with E-state index in [2.05, 4.69) is 16.3 Å². The van der Waals surface area contributed by atoms with Gasteiger partial charge in [0.2, 0.25) is 0 Å². The van der Waals surface area contributed by atoms with Crippen LogP contribution in [0, 0.1) is 0 Å². The van der Waals surface area contributed by atoms with Crippen LogP contribution in [0.1, 0.15) is 42.3 Å². The molecule has 0 unspecified atom stereocenters. The summed E-state index contributed by atoms with van der Waals surface area (Å²) in [4.78, 5) is 25.8. The van der Waals surface area contributed by atoms with Crippen molar-refractivity contribution < 1.29 is 19.1 Å². The summed E-state index contributed by atoms with van der Waals surface area (Å²) in [6.45, 7) is 8.29. The van der Waals surface area contributed by atoms with Crippen LogP contribution >= 0.6 is 0 Å². The van der Waals surface area contributed by atoms with Crippen LogP contribution in [0.4, 0.5) is 4.79 Å². The zero-order valence-electron chi connectivity index (χ0n) is 14.8. The van der Waals surface area contributed by atoms with Crippen molar-refractivity contribution in [1.82, 2.24) is 10.2 Å². The van der Waals surface area contributed by atoms with E-state index >= 15 is 0 Å². The van der Waals surface area contributed by atoms with Crippen LogP contribution in [0.25, 0.3) is 0 Å². The predicted molar refractivity (Wildman–Crippen MR) is 91.0 cm³/mol. The molecule has 0 saturated carbocycles. The number of alkyl carbamates (subject to hydrolysis) is 1. The molecule has 0 aliphatic carbocycles. The minimum absolute atomic E-state index is 0.305. The number of hydrogen-bond acceptors (Lipinski definition) is 5. The predicted octanol–water partition coefficient (Wildman–Crippen LogP) is 2.36. The lowest BCUT2D eigenvalue weighted by Gasteiger charge is -2.30. The first-order valence-electron chi connectivity index (χ1n) is 8.18. The monoisotopic (exact) mass is 334 g/mol. The number of amides is 1. The molecule has 1 aromatic carbocycles. The number of rotatable bonds is 4. The Morgan fingerprint density at radius 1 is 1.29 bits per heavy atom. The number of nitrogens with one attached hydrogen (secondary N) is 1. The molecule has 2 rings (SSSR count). The van der Waals surface area contributed by atoms with Gasteiger partial charge in [0, 0.05) is 26.2 Å². The second-order valence-electron chi connectivity index (χ2n) is 6.89. The van der Waals surface area contributed by atoms with Gasteiger partial charge in [-0.05, 0) is 44.4 Å². The Hall–Kier alpha value is -2.08. The number of hydrogen-bond donors (Lipinski definition) is 1. The highest BCUT2D eigenvalue weighted by molar-refractivity contribution is 5.91. The van der Waals surface area contributed by atoms with Gasteiger partial charge < -0.3 is 14.8 Å². The van der Waals surface area contributed by atoms with Gasteiger partial charge in [0.1, 0.15) is 5.60 Å².